The molecule has 0 bridgehead atoms. The number of rotatable bonds is 8. The van der Waals surface area contributed by atoms with Gasteiger partial charge in [0.1, 0.15) is 12.4 Å². The Labute approximate surface area is 185 Å². The van der Waals surface area contributed by atoms with E-state index in [1.807, 2.05) is 42.5 Å². The Morgan fingerprint density at radius 3 is 2.65 bits per heavy atom. The van der Waals surface area contributed by atoms with Crippen LogP contribution in [0.3, 0.4) is 0 Å². The SMILES string of the molecule is CN(CC=CC#CC(C)(C)C)Cc1cccc(OCc2cccc(-c3ccno3)c2)c1. The number of allylic oxidation sites excluding steroid dienone is 1. The Kier molecular flexibility index (Phi) is 7.70. The highest BCUT2D eigenvalue weighted by Gasteiger charge is 2.05. The summed E-state index contributed by atoms with van der Waals surface area (Å²) in [5, 5.41) is 3.77. The van der Waals surface area contributed by atoms with Crippen LogP contribution in [-0.2, 0) is 13.2 Å². The van der Waals surface area contributed by atoms with Crippen LogP contribution in [0.4, 0.5) is 0 Å². The summed E-state index contributed by atoms with van der Waals surface area (Å²) in [6.45, 7) is 8.52. The molecule has 2 aromatic carbocycles. The van der Waals surface area contributed by atoms with Gasteiger partial charge in [0.25, 0.3) is 0 Å². The van der Waals surface area contributed by atoms with E-state index in [-0.39, 0.29) is 5.41 Å². The molecule has 0 N–H and O–H groups in total. The molecule has 0 saturated carbocycles. The maximum absolute atomic E-state index is 6.03. The second-order valence-corrected chi connectivity index (χ2v) is 8.63. The third-order valence-corrected chi connectivity index (χ3v) is 4.47. The van der Waals surface area contributed by atoms with E-state index in [0.717, 1.165) is 35.7 Å². The van der Waals surface area contributed by atoms with Crippen LogP contribution in [0.25, 0.3) is 11.3 Å². The van der Waals surface area contributed by atoms with Gasteiger partial charge in [0.2, 0.25) is 0 Å². The molecular weight excluding hydrogens is 384 g/mol. The highest BCUT2D eigenvalue weighted by molar-refractivity contribution is 5.57. The van der Waals surface area contributed by atoms with E-state index >= 15 is 0 Å². The van der Waals surface area contributed by atoms with E-state index < -0.39 is 0 Å². The molecule has 3 rings (SSSR count). The van der Waals surface area contributed by atoms with Crippen LogP contribution in [0.15, 0.2) is 77.5 Å². The summed E-state index contributed by atoms with van der Waals surface area (Å²) in [7, 11) is 2.10. The molecule has 4 heteroatoms. The second kappa shape index (κ2) is 10.7. The Morgan fingerprint density at radius 2 is 1.87 bits per heavy atom. The Balaban J connectivity index is 1.53. The number of ether oxygens (including phenoxy) is 1. The molecule has 3 aromatic rings. The highest BCUT2D eigenvalue weighted by atomic mass is 16.5. The Bertz CT molecular complexity index is 1050. The number of nitrogens with zero attached hydrogens (tertiary/aromatic N) is 2. The van der Waals surface area contributed by atoms with Gasteiger partial charge in [0.05, 0.1) is 6.20 Å². The van der Waals surface area contributed by atoms with E-state index in [2.05, 4.69) is 74.0 Å². The van der Waals surface area contributed by atoms with Gasteiger partial charge >= 0.3 is 0 Å². The normalized spacial score (nSPS) is 11.5. The summed E-state index contributed by atoms with van der Waals surface area (Å²) >= 11 is 0. The van der Waals surface area contributed by atoms with Crippen molar-refractivity contribution >= 4 is 0 Å². The molecule has 31 heavy (non-hydrogen) atoms. The van der Waals surface area contributed by atoms with Gasteiger partial charge in [0, 0.05) is 30.1 Å². The first kappa shape index (κ1) is 22.4. The van der Waals surface area contributed by atoms with Gasteiger partial charge in [-0.05, 0) is 63.2 Å². The Hall–Kier alpha value is -3.29. The summed E-state index contributed by atoms with van der Waals surface area (Å²) in [6.07, 6.45) is 5.69. The molecule has 1 aromatic heterocycles. The van der Waals surface area contributed by atoms with Gasteiger partial charge in [-0.15, -0.1) is 0 Å². The van der Waals surface area contributed by atoms with Gasteiger partial charge in [-0.3, -0.25) is 4.90 Å². The van der Waals surface area contributed by atoms with E-state index in [1.165, 1.54) is 5.56 Å². The first-order valence-corrected chi connectivity index (χ1v) is 10.5. The molecule has 1 heterocycles. The standard InChI is InChI=1S/C27H30N2O2/c1-27(2,3)15-6-5-7-17-29(4)20-22-10-9-13-25(19-22)30-21-23-11-8-12-24(18-23)26-14-16-28-31-26/h5,7-14,16,18-19H,17,20-21H2,1-4H3. The number of benzene rings is 2. The minimum Gasteiger partial charge on any atom is -0.489 e. The molecule has 0 aliphatic carbocycles. The lowest BCUT2D eigenvalue weighted by molar-refractivity contribution is 0.304. The molecule has 0 radical (unpaired) electrons. The molecule has 0 fully saturated rings. The van der Waals surface area contributed by atoms with Crippen LogP contribution in [-0.4, -0.2) is 23.6 Å². The fraction of sp³-hybridized carbons (Fsp3) is 0.296. The summed E-state index contributed by atoms with van der Waals surface area (Å²) in [6, 6.07) is 18.2. The van der Waals surface area contributed by atoms with Gasteiger partial charge in [-0.25, -0.2) is 0 Å². The van der Waals surface area contributed by atoms with E-state index in [9.17, 15) is 0 Å². The lowest BCUT2D eigenvalue weighted by Crippen LogP contribution is -2.17. The largest absolute Gasteiger partial charge is 0.489 e. The van der Waals surface area contributed by atoms with Crippen molar-refractivity contribution in [3.8, 4) is 28.9 Å². The lowest BCUT2D eigenvalue weighted by Gasteiger charge is -2.15. The minimum atomic E-state index is 0.0357. The molecule has 0 aliphatic heterocycles. The van der Waals surface area contributed by atoms with E-state index in [0.29, 0.717) is 6.61 Å². The van der Waals surface area contributed by atoms with Crippen molar-refractivity contribution in [2.45, 2.75) is 33.9 Å². The first-order valence-electron chi connectivity index (χ1n) is 10.5. The molecule has 160 valence electrons. The summed E-state index contributed by atoms with van der Waals surface area (Å²) in [4.78, 5) is 2.25. The van der Waals surface area contributed by atoms with Crippen LogP contribution < -0.4 is 4.74 Å². The fourth-order valence-corrected chi connectivity index (χ4v) is 3.01. The van der Waals surface area contributed by atoms with Crippen molar-refractivity contribution < 1.29 is 9.26 Å². The van der Waals surface area contributed by atoms with Gasteiger partial charge in [0.15, 0.2) is 5.76 Å². The maximum Gasteiger partial charge on any atom is 0.166 e. The molecular formula is C27H30N2O2. The smallest absolute Gasteiger partial charge is 0.166 e. The fourth-order valence-electron chi connectivity index (χ4n) is 3.01. The number of hydrogen-bond donors (Lipinski definition) is 0. The predicted octanol–water partition coefficient (Wildman–Crippen LogP) is 5.96. The average molecular weight is 415 g/mol. The molecule has 0 amide bonds. The molecule has 0 unspecified atom stereocenters. The van der Waals surface area contributed by atoms with Crippen molar-refractivity contribution in [1.29, 1.82) is 0 Å². The van der Waals surface area contributed by atoms with Crippen molar-refractivity contribution in [2.75, 3.05) is 13.6 Å². The van der Waals surface area contributed by atoms with Gasteiger partial charge < -0.3 is 9.26 Å². The number of hydrogen-bond acceptors (Lipinski definition) is 4. The van der Waals surface area contributed by atoms with Crippen LogP contribution in [0, 0.1) is 17.3 Å². The number of aromatic nitrogens is 1. The second-order valence-electron chi connectivity index (χ2n) is 8.63. The monoisotopic (exact) mass is 414 g/mol. The summed E-state index contributed by atoms with van der Waals surface area (Å²) in [5.41, 5.74) is 3.32. The zero-order valence-electron chi connectivity index (χ0n) is 18.8. The molecule has 0 spiro atoms. The minimum absolute atomic E-state index is 0.0357. The highest BCUT2D eigenvalue weighted by Crippen LogP contribution is 2.21. The molecule has 0 atom stereocenters. The topological polar surface area (TPSA) is 38.5 Å². The third-order valence-electron chi connectivity index (χ3n) is 4.47. The van der Waals surface area contributed by atoms with Gasteiger partial charge in [-0.1, -0.05) is 53.4 Å². The average Bonchev–Trinajstić information content (AvgIpc) is 3.27. The molecule has 4 nitrogen and oxygen atoms in total. The Morgan fingerprint density at radius 1 is 1.06 bits per heavy atom. The summed E-state index contributed by atoms with van der Waals surface area (Å²) in [5.74, 6) is 7.94. The lowest BCUT2D eigenvalue weighted by atomic mass is 9.98. The first-order chi connectivity index (χ1) is 14.9. The van der Waals surface area contributed by atoms with Crippen molar-refractivity contribution in [1.82, 2.24) is 10.1 Å². The van der Waals surface area contributed by atoms with Gasteiger partial charge in [-0.2, -0.15) is 0 Å². The van der Waals surface area contributed by atoms with E-state index in [1.54, 1.807) is 6.20 Å². The zero-order chi connectivity index (χ0) is 22.1. The number of likely N-dealkylation sites (N-methyl/N-ethyl adjacent to an activating group) is 1. The summed E-state index contributed by atoms with van der Waals surface area (Å²) < 4.78 is 11.3. The predicted molar refractivity (Wildman–Crippen MR) is 125 cm³/mol. The molecule has 0 saturated heterocycles. The maximum atomic E-state index is 6.03. The van der Waals surface area contributed by atoms with Crippen LogP contribution in [0.5, 0.6) is 5.75 Å². The van der Waals surface area contributed by atoms with Crippen LogP contribution >= 0.6 is 0 Å². The van der Waals surface area contributed by atoms with Crippen LogP contribution in [0.2, 0.25) is 0 Å². The zero-order valence-corrected chi connectivity index (χ0v) is 18.8. The van der Waals surface area contributed by atoms with Crippen molar-refractivity contribution in [3.05, 3.63) is 84.1 Å². The van der Waals surface area contributed by atoms with E-state index in [4.69, 9.17) is 9.26 Å². The molecule has 0 aliphatic rings. The third kappa shape index (κ3) is 7.81. The van der Waals surface area contributed by atoms with Crippen molar-refractivity contribution in [2.24, 2.45) is 5.41 Å². The van der Waals surface area contributed by atoms with Crippen molar-refractivity contribution in [3.63, 3.8) is 0 Å². The van der Waals surface area contributed by atoms with Crippen LogP contribution in [0.1, 0.15) is 31.9 Å². The quantitative estimate of drug-likeness (QED) is 0.427.